The highest BCUT2D eigenvalue weighted by Crippen LogP contribution is 2.13. The lowest BCUT2D eigenvalue weighted by molar-refractivity contribution is -0.384. The highest BCUT2D eigenvalue weighted by molar-refractivity contribution is 6.29. The van der Waals surface area contributed by atoms with Gasteiger partial charge in [-0.1, -0.05) is 23.7 Å². The van der Waals surface area contributed by atoms with Gasteiger partial charge in [-0.3, -0.25) is 19.9 Å². The average Bonchev–Trinajstić information content (AvgIpc) is 2.39. The molecule has 1 heterocycles. The number of nitro groups is 1. The number of hydrogen-bond donors (Lipinski definition) is 1. The maximum atomic E-state index is 11.8. The molecule has 0 aliphatic heterocycles. The minimum absolute atomic E-state index is 0.0186. The van der Waals surface area contributed by atoms with Gasteiger partial charge in [0.1, 0.15) is 5.15 Å². The molecule has 0 fully saturated rings. The molecule has 102 valence electrons. The summed E-state index contributed by atoms with van der Waals surface area (Å²) in [5, 5.41) is 13.2. The summed E-state index contributed by atoms with van der Waals surface area (Å²) in [5.41, 5.74) is 0.637. The Morgan fingerprint density at radius 3 is 2.60 bits per heavy atom. The summed E-state index contributed by atoms with van der Waals surface area (Å²) in [6, 6.07) is 5.76. The summed E-state index contributed by atoms with van der Waals surface area (Å²) in [4.78, 5) is 29.4. The second kappa shape index (κ2) is 6.07. The van der Waals surface area contributed by atoms with Crippen LogP contribution in [0.25, 0.3) is 0 Å². The van der Waals surface area contributed by atoms with Crippen molar-refractivity contribution in [2.45, 2.75) is 6.42 Å². The van der Waals surface area contributed by atoms with Crippen LogP contribution in [0.1, 0.15) is 5.56 Å². The molecular weight excluding hydrogens is 284 g/mol. The highest BCUT2D eigenvalue weighted by atomic mass is 35.5. The molecule has 0 aliphatic carbocycles. The van der Waals surface area contributed by atoms with Gasteiger partial charge in [-0.05, 0) is 5.56 Å². The Hall–Kier alpha value is -2.54. The fourth-order valence-electron chi connectivity index (χ4n) is 1.51. The summed E-state index contributed by atoms with van der Waals surface area (Å²) in [6.45, 7) is 0. The third-order valence-electron chi connectivity index (χ3n) is 2.38. The van der Waals surface area contributed by atoms with Crippen LogP contribution in [0.3, 0.4) is 0 Å². The Bertz CT molecular complexity index is 645. The number of nitro benzene ring substituents is 1. The quantitative estimate of drug-likeness (QED) is 0.688. The monoisotopic (exact) mass is 292 g/mol. The van der Waals surface area contributed by atoms with Gasteiger partial charge < -0.3 is 5.32 Å². The number of hydrogen-bond acceptors (Lipinski definition) is 5. The molecule has 20 heavy (non-hydrogen) atoms. The van der Waals surface area contributed by atoms with Crippen molar-refractivity contribution in [3.63, 3.8) is 0 Å². The van der Waals surface area contributed by atoms with Gasteiger partial charge in [0.25, 0.3) is 5.69 Å². The first kappa shape index (κ1) is 13.9. The molecular formula is C12H9ClN4O3. The molecule has 1 aromatic carbocycles. The zero-order valence-corrected chi connectivity index (χ0v) is 10.9. The van der Waals surface area contributed by atoms with Gasteiger partial charge in [-0.25, -0.2) is 4.98 Å². The number of amides is 1. The Morgan fingerprint density at radius 2 is 2.00 bits per heavy atom. The van der Waals surface area contributed by atoms with Gasteiger partial charge in [0.15, 0.2) is 5.82 Å². The fraction of sp³-hybridized carbons (Fsp3) is 0.0833. The molecule has 0 saturated carbocycles. The topological polar surface area (TPSA) is 98.0 Å². The van der Waals surface area contributed by atoms with Crippen molar-refractivity contribution in [1.82, 2.24) is 9.97 Å². The third-order valence-corrected chi connectivity index (χ3v) is 2.57. The van der Waals surface area contributed by atoms with Gasteiger partial charge in [0.2, 0.25) is 5.91 Å². The second-order valence-electron chi connectivity index (χ2n) is 3.88. The van der Waals surface area contributed by atoms with E-state index >= 15 is 0 Å². The van der Waals surface area contributed by atoms with E-state index in [0.717, 1.165) is 0 Å². The zero-order valence-electron chi connectivity index (χ0n) is 10.1. The molecule has 0 saturated heterocycles. The van der Waals surface area contributed by atoms with Crippen LogP contribution in [0.15, 0.2) is 36.7 Å². The lowest BCUT2D eigenvalue weighted by Crippen LogP contribution is -2.15. The van der Waals surface area contributed by atoms with E-state index in [1.165, 1.54) is 36.7 Å². The van der Waals surface area contributed by atoms with Gasteiger partial charge >= 0.3 is 0 Å². The van der Waals surface area contributed by atoms with E-state index in [1.807, 2.05) is 0 Å². The molecule has 1 aromatic heterocycles. The van der Waals surface area contributed by atoms with E-state index in [2.05, 4.69) is 15.3 Å². The van der Waals surface area contributed by atoms with Crippen LogP contribution in [0.4, 0.5) is 11.5 Å². The first-order valence-electron chi connectivity index (χ1n) is 5.55. The number of anilines is 1. The van der Waals surface area contributed by atoms with Crippen molar-refractivity contribution >= 4 is 29.0 Å². The molecule has 0 aliphatic rings. The Labute approximate surface area is 118 Å². The first-order chi connectivity index (χ1) is 9.54. The summed E-state index contributed by atoms with van der Waals surface area (Å²) >= 11 is 5.65. The number of nitrogens with zero attached hydrogens (tertiary/aromatic N) is 3. The standard InChI is InChI=1S/C12H9ClN4O3/c13-10-6-14-7-11(15-10)16-12(18)5-8-1-3-9(4-2-8)17(19)20/h1-4,6-7H,5H2,(H,15,16,18). The molecule has 0 radical (unpaired) electrons. The summed E-state index contributed by atoms with van der Waals surface area (Å²) < 4.78 is 0. The van der Waals surface area contributed by atoms with Crippen molar-refractivity contribution in [1.29, 1.82) is 0 Å². The molecule has 8 heteroatoms. The van der Waals surface area contributed by atoms with Crippen molar-refractivity contribution in [2.24, 2.45) is 0 Å². The normalized spacial score (nSPS) is 10.1. The van der Waals surface area contributed by atoms with Crippen LogP contribution in [0.5, 0.6) is 0 Å². The number of carbonyl (C=O) groups is 1. The van der Waals surface area contributed by atoms with E-state index < -0.39 is 4.92 Å². The molecule has 0 atom stereocenters. The number of rotatable bonds is 4. The van der Waals surface area contributed by atoms with E-state index in [1.54, 1.807) is 0 Å². The van der Waals surface area contributed by atoms with Gasteiger partial charge in [-0.2, -0.15) is 0 Å². The molecule has 7 nitrogen and oxygen atoms in total. The maximum Gasteiger partial charge on any atom is 0.269 e. The largest absolute Gasteiger partial charge is 0.309 e. The van der Waals surface area contributed by atoms with Gasteiger partial charge in [0, 0.05) is 12.1 Å². The Morgan fingerprint density at radius 1 is 1.30 bits per heavy atom. The van der Waals surface area contributed by atoms with E-state index in [4.69, 9.17) is 11.6 Å². The highest BCUT2D eigenvalue weighted by Gasteiger charge is 2.08. The lowest BCUT2D eigenvalue weighted by Gasteiger charge is -2.04. The van der Waals surface area contributed by atoms with Gasteiger partial charge in [-0.15, -0.1) is 0 Å². The Balaban J connectivity index is 1.99. The van der Waals surface area contributed by atoms with E-state index in [-0.39, 0.29) is 29.0 Å². The number of halogens is 1. The van der Waals surface area contributed by atoms with E-state index in [9.17, 15) is 14.9 Å². The summed E-state index contributed by atoms with van der Waals surface area (Å²) in [6.07, 6.45) is 2.80. The van der Waals surface area contributed by atoms with Crippen molar-refractivity contribution in [3.8, 4) is 0 Å². The number of non-ortho nitro benzene ring substituents is 1. The molecule has 0 unspecified atom stereocenters. The SMILES string of the molecule is O=C(Cc1ccc([N+](=O)[O-])cc1)Nc1cncc(Cl)n1. The second-order valence-corrected chi connectivity index (χ2v) is 4.26. The zero-order chi connectivity index (χ0) is 14.5. The van der Waals surface area contributed by atoms with Gasteiger partial charge in [0.05, 0.1) is 23.7 Å². The van der Waals surface area contributed by atoms with Crippen LogP contribution in [-0.2, 0) is 11.2 Å². The molecule has 2 rings (SSSR count). The predicted molar refractivity (Wildman–Crippen MR) is 72.5 cm³/mol. The van der Waals surface area contributed by atoms with Crippen LogP contribution in [0, 0.1) is 10.1 Å². The number of carbonyl (C=O) groups excluding carboxylic acids is 1. The number of benzene rings is 1. The van der Waals surface area contributed by atoms with Crippen LogP contribution in [0.2, 0.25) is 5.15 Å². The predicted octanol–water partition coefficient (Wildman–Crippen LogP) is 2.22. The van der Waals surface area contributed by atoms with Crippen molar-refractivity contribution in [2.75, 3.05) is 5.32 Å². The number of aromatic nitrogens is 2. The van der Waals surface area contributed by atoms with Crippen LogP contribution >= 0.6 is 11.6 Å². The molecule has 1 amide bonds. The summed E-state index contributed by atoms with van der Waals surface area (Å²) in [7, 11) is 0. The third kappa shape index (κ3) is 3.72. The lowest BCUT2D eigenvalue weighted by atomic mass is 10.1. The molecule has 0 spiro atoms. The minimum Gasteiger partial charge on any atom is -0.309 e. The van der Waals surface area contributed by atoms with Crippen LogP contribution < -0.4 is 5.32 Å². The van der Waals surface area contributed by atoms with Crippen molar-refractivity contribution in [3.05, 3.63) is 57.5 Å². The van der Waals surface area contributed by atoms with E-state index in [0.29, 0.717) is 5.56 Å². The molecule has 0 bridgehead atoms. The maximum absolute atomic E-state index is 11.8. The smallest absolute Gasteiger partial charge is 0.269 e. The average molecular weight is 293 g/mol. The fourth-order valence-corrected chi connectivity index (χ4v) is 1.66. The first-order valence-corrected chi connectivity index (χ1v) is 5.93. The van der Waals surface area contributed by atoms with Crippen molar-refractivity contribution < 1.29 is 9.72 Å². The molecule has 1 N–H and O–H groups in total. The minimum atomic E-state index is -0.495. The number of nitrogens with one attached hydrogen (secondary N) is 1. The molecule has 2 aromatic rings. The Kier molecular flexibility index (Phi) is 4.21. The summed E-state index contributed by atoms with van der Waals surface area (Å²) in [5.74, 6) is -0.0557. The van der Waals surface area contributed by atoms with Crippen LogP contribution in [-0.4, -0.2) is 20.8 Å².